The Balaban J connectivity index is 1.46. The number of halogens is 1. The van der Waals surface area contributed by atoms with E-state index in [4.69, 9.17) is 11.6 Å². The van der Waals surface area contributed by atoms with Gasteiger partial charge in [0, 0.05) is 29.9 Å². The zero-order valence-corrected chi connectivity index (χ0v) is 17.5. The van der Waals surface area contributed by atoms with E-state index in [2.05, 4.69) is 21.9 Å². The molecule has 0 bridgehead atoms. The molecule has 0 radical (unpaired) electrons. The van der Waals surface area contributed by atoms with E-state index in [1.165, 1.54) is 17.4 Å². The minimum absolute atomic E-state index is 0.133. The molecule has 1 aromatic carbocycles. The summed E-state index contributed by atoms with van der Waals surface area (Å²) in [6.45, 7) is 4.35. The number of hydrogen-bond donors (Lipinski definition) is 0. The van der Waals surface area contributed by atoms with Crippen molar-refractivity contribution in [3.05, 3.63) is 76.6 Å². The third kappa shape index (κ3) is 3.48. The van der Waals surface area contributed by atoms with Gasteiger partial charge in [0.15, 0.2) is 0 Å². The van der Waals surface area contributed by atoms with Gasteiger partial charge in [-0.2, -0.15) is 5.10 Å². The summed E-state index contributed by atoms with van der Waals surface area (Å²) >= 11 is 5.98. The summed E-state index contributed by atoms with van der Waals surface area (Å²) < 4.78 is 3.15. The van der Waals surface area contributed by atoms with Crippen molar-refractivity contribution in [3.8, 4) is 16.8 Å². The number of nitrogens with zero attached hydrogens (tertiary/aromatic N) is 5. The standard InChI is InChI=1S/C23H22ClN5O/c1-16-8-10-27(11-9-16)22-7-6-20(13-25-22)28-15-26-29-14-18(12-21(29)23(28)30)17-2-4-19(24)5-3-17/h2-7,12-16H,8-11H2,1H3. The van der Waals surface area contributed by atoms with Crippen LogP contribution in [0.1, 0.15) is 19.8 Å². The van der Waals surface area contributed by atoms with Gasteiger partial charge in [0.25, 0.3) is 5.56 Å². The van der Waals surface area contributed by atoms with Gasteiger partial charge >= 0.3 is 0 Å². The fraction of sp³-hybridized carbons (Fsp3) is 0.261. The third-order valence-corrected chi connectivity index (χ3v) is 6.08. The van der Waals surface area contributed by atoms with E-state index in [-0.39, 0.29) is 5.56 Å². The maximum absolute atomic E-state index is 13.1. The molecule has 0 unspecified atom stereocenters. The highest BCUT2D eigenvalue weighted by atomic mass is 35.5. The van der Waals surface area contributed by atoms with Crippen molar-refractivity contribution in [2.75, 3.05) is 18.0 Å². The Bertz CT molecular complexity index is 1240. The molecule has 4 heterocycles. The van der Waals surface area contributed by atoms with Crippen molar-refractivity contribution in [1.29, 1.82) is 0 Å². The predicted octanol–water partition coefficient (Wildman–Crippen LogP) is 4.44. The van der Waals surface area contributed by atoms with Gasteiger partial charge in [0.05, 0.1) is 11.9 Å². The van der Waals surface area contributed by atoms with E-state index in [1.807, 2.05) is 48.7 Å². The molecule has 5 rings (SSSR count). The van der Waals surface area contributed by atoms with Gasteiger partial charge in [0.1, 0.15) is 17.7 Å². The molecule has 0 spiro atoms. The Morgan fingerprint density at radius 1 is 1.03 bits per heavy atom. The van der Waals surface area contributed by atoms with Crippen LogP contribution in [0.25, 0.3) is 22.3 Å². The fourth-order valence-electron chi connectivity index (χ4n) is 3.92. The first-order valence-corrected chi connectivity index (χ1v) is 10.5. The van der Waals surface area contributed by atoms with Crippen LogP contribution in [0.4, 0.5) is 5.82 Å². The Morgan fingerprint density at radius 2 is 1.80 bits per heavy atom. The second-order valence-corrected chi connectivity index (χ2v) is 8.35. The average molecular weight is 420 g/mol. The zero-order valence-electron chi connectivity index (χ0n) is 16.7. The van der Waals surface area contributed by atoms with Crippen LogP contribution < -0.4 is 10.5 Å². The summed E-state index contributed by atoms with van der Waals surface area (Å²) in [6, 6.07) is 13.3. The van der Waals surface area contributed by atoms with Gasteiger partial charge in [-0.25, -0.2) is 9.50 Å². The summed E-state index contributed by atoms with van der Waals surface area (Å²) in [6.07, 6.45) is 7.51. The average Bonchev–Trinajstić information content (AvgIpc) is 3.21. The van der Waals surface area contributed by atoms with Crippen LogP contribution in [-0.2, 0) is 0 Å². The molecule has 7 heteroatoms. The Hall–Kier alpha value is -3.12. The minimum atomic E-state index is -0.133. The van der Waals surface area contributed by atoms with E-state index < -0.39 is 0 Å². The SMILES string of the molecule is CC1CCN(c2ccc(-n3cnn4cc(-c5ccc(Cl)cc5)cc4c3=O)cn2)CC1. The lowest BCUT2D eigenvalue weighted by Crippen LogP contribution is -2.33. The predicted molar refractivity (Wildman–Crippen MR) is 120 cm³/mol. The number of rotatable bonds is 3. The maximum atomic E-state index is 13.1. The first-order chi connectivity index (χ1) is 14.6. The lowest BCUT2D eigenvalue weighted by Gasteiger charge is -2.31. The lowest BCUT2D eigenvalue weighted by atomic mass is 9.99. The first kappa shape index (κ1) is 18.9. The van der Waals surface area contributed by atoms with E-state index in [0.29, 0.717) is 16.2 Å². The molecule has 0 aliphatic carbocycles. The minimum Gasteiger partial charge on any atom is -0.357 e. The summed E-state index contributed by atoms with van der Waals surface area (Å²) in [5.41, 5.74) is 2.99. The number of hydrogen-bond acceptors (Lipinski definition) is 4. The van der Waals surface area contributed by atoms with Gasteiger partial charge in [-0.15, -0.1) is 0 Å². The highest BCUT2D eigenvalue weighted by Crippen LogP contribution is 2.24. The molecule has 3 aromatic heterocycles. The molecule has 0 amide bonds. The number of fused-ring (bicyclic) bond motifs is 1. The smallest absolute Gasteiger partial charge is 0.282 e. The Labute approximate surface area is 179 Å². The maximum Gasteiger partial charge on any atom is 0.282 e. The summed E-state index contributed by atoms with van der Waals surface area (Å²) in [5, 5.41) is 5.10. The summed E-state index contributed by atoms with van der Waals surface area (Å²) in [7, 11) is 0. The van der Waals surface area contributed by atoms with Crippen LogP contribution in [0.5, 0.6) is 0 Å². The number of piperidine rings is 1. The summed E-state index contributed by atoms with van der Waals surface area (Å²) in [5.74, 6) is 1.73. The van der Waals surface area contributed by atoms with Gasteiger partial charge < -0.3 is 4.90 Å². The van der Waals surface area contributed by atoms with Crippen LogP contribution in [0.15, 0.2) is 66.0 Å². The molecule has 4 aromatic rings. The molecule has 152 valence electrons. The second kappa shape index (κ2) is 7.61. The molecular weight excluding hydrogens is 398 g/mol. The monoisotopic (exact) mass is 419 g/mol. The molecule has 1 aliphatic heterocycles. The van der Waals surface area contributed by atoms with Crippen LogP contribution in [0, 0.1) is 5.92 Å². The molecule has 6 nitrogen and oxygen atoms in total. The van der Waals surface area contributed by atoms with Gasteiger partial charge in [-0.05, 0) is 54.7 Å². The van der Waals surface area contributed by atoms with Crippen LogP contribution >= 0.6 is 11.6 Å². The van der Waals surface area contributed by atoms with Crippen LogP contribution in [0.3, 0.4) is 0 Å². The second-order valence-electron chi connectivity index (χ2n) is 7.92. The molecule has 1 aliphatic rings. The quantitative estimate of drug-likeness (QED) is 0.492. The van der Waals surface area contributed by atoms with Gasteiger partial charge in [-0.1, -0.05) is 30.7 Å². The molecule has 0 N–H and O–H groups in total. The first-order valence-electron chi connectivity index (χ1n) is 10.2. The van der Waals surface area contributed by atoms with E-state index in [1.54, 1.807) is 17.0 Å². The molecule has 1 fully saturated rings. The molecule has 30 heavy (non-hydrogen) atoms. The van der Waals surface area contributed by atoms with Crippen molar-refractivity contribution in [1.82, 2.24) is 19.2 Å². The van der Waals surface area contributed by atoms with Crippen molar-refractivity contribution >= 4 is 22.9 Å². The highest BCUT2D eigenvalue weighted by molar-refractivity contribution is 6.30. The fourth-order valence-corrected chi connectivity index (χ4v) is 4.05. The zero-order chi connectivity index (χ0) is 20.7. The summed E-state index contributed by atoms with van der Waals surface area (Å²) in [4.78, 5) is 20.0. The number of aromatic nitrogens is 4. The topological polar surface area (TPSA) is 55.4 Å². The lowest BCUT2D eigenvalue weighted by molar-refractivity contribution is 0.436. The van der Waals surface area contributed by atoms with E-state index in [9.17, 15) is 4.79 Å². The van der Waals surface area contributed by atoms with Crippen LogP contribution in [-0.4, -0.2) is 32.3 Å². The third-order valence-electron chi connectivity index (χ3n) is 5.83. The number of benzene rings is 1. The molecular formula is C23H22ClN5O. The largest absolute Gasteiger partial charge is 0.357 e. The van der Waals surface area contributed by atoms with E-state index in [0.717, 1.165) is 36.0 Å². The van der Waals surface area contributed by atoms with Gasteiger partial charge in [-0.3, -0.25) is 9.36 Å². The van der Waals surface area contributed by atoms with Crippen LogP contribution in [0.2, 0.25) is 5.02 Å². The number of pyridine rings is 1. The Kier molecular flexibility index (Phi) is 4.79. The Morgan fingerprint density at radius 3 is 2.50 bits per heavy atom. The van der Waals surface area contributed by atoms with Crippen molar-refractivity contribution < 1.29 is 0 Å². The van der Waals surface area contributed by atoms with E-state index >= 15 is 0 Å². The molecule has 1 saturated heterocycles. The normalized spacial score (nSPS) is 15.1. The number of anilines is 1. The highest BCUT2D eigenvalue weighted by Gasteiger charge is 2.17. The van der Waals surface area contributed by atoms with Crippen molar-refractivity contribution in [2.45, 2.75) is 19.8 Å². The molecule has 0 saturated carbocycles. The van der Waals surface area contributed by atoms with Crippen molar-refractivity contribution in [3.63, 3.8) is 0 Å². The molecule has 0 atom stereocenters. The van der Waals surface area contributed by atoms with Crippen molar-refractivity contribution in [2.24, 2.45) is 5.92 Å². The van der Waals surface area contributed by atoms with Gasteiger partial charge in [0.2, 0.25) is 0 Å².